The maximum Gasteiger partial charge on any atom is 0.270 e. The van der Waals surface area contributed by atoms with Crippen molar-refractivity contribution in [1.82, 2.24) is 10.2 Å². The molecule has 0 bridgehead atoms. The lowest BCUT2D eigenvalue weighted by Crippen LogP contribution is -2.20. The quantitative estimate of drug-likeness (QED) is 0.723. The Bertz CT molecular complexity index is 961. The first-order valence-corrected chi connectivity index (χ1v) is 7.25. The van der Waals surface area contributed by atoms with Gasteiger partial charge in [-0.15, -0.1) is 10.2 Å². The van der Waals surface area contributed by atoms with Gasteiger partial charge < -0.3 is 0 Å². The minimum atomic E-state index is -0.204. The van der Waals surface area contributed by atoms with E-state index in [4.69, 9.17) is 0 Å². The topological polar surface area (TPSA) is 55.2 Å². The van der Waals surface area contributed by atoms with E-state index in [1.165, 1.54) is 17.4 Å². The van der Waals surface area contributed by atoms with E-state index in [0.29, 0.717) is 0 Å². The van der Waals surface area contributed by atoms with Crippen molar-refractivity contribution in [2.24, 2.45) is 4.99 Å². The van der Waals surface area contributed by atoms with E-state index >= 15 is 0 Å². The average Bonchev–Trinajstić information content (AvgIpc) is 3.12. The van der Waals surface area contributed by atoms with E-state index in [1.807, 2.05) is 48.5 Å². The lowest BCUT2D eigenvalue weighted by Gasteiger charge is -1.94. The summed E-state index contributed by atoms with van der Waals surface area (Å²) in [6, 6.07) is 15.7. The summed E-state index contributed by atoms with van der Waals surface area (Å²) in [4.78, 5) is 15.2. The first kappa shape index (κ1) is 12.1. The van der Waals surface area contributed by atoms with Crippen molar-refractivity contribution in [3.05, 3.63) is 59.1 Å². The summed E-state index contributed by atoms with van der Waals surface area (Å²) in [5, 5.41) is 11.8. The van der Waals surface area contributed by atoms with Gasteiger partial charge in [-0.25, -0.2) is 4.99 Å². The summed E-state index contributed by atoms with van der Waals surface area (Å²) in [5.41, 5.74) is 2.01. The van der Waals surface area contributed by atoms with Crippen LogP contribution in [0.1, 0.15) is 0 Å². The zero-order valence-electron chi connectivity index (χ0n) is 10.9. The van der Waals surface area contributed by atoms with Gasteiger partial charge >= 0.3 is 0 Å². The number of aromatic nitrogens is 2. The average molecular weight is 291 g/mol. The van der Waals surface area contributed by atoms with Gasteiger partial charge in [0.1, 0.15) is 10.0 Å². The monoisotopic (exact) mass is 291 g/mol. The highest BCUT2D eigenvalue weighted by molar-refractivity contribution is 7.17. The smallest absolute Gasteiger partial charge is 0.267 e. The molecule has 2 aromatic carbocycles. The van der Waals surface area contributed by atoms with Gasteiger partial charge in [0.25, 0.3) is 5.91 Å². The molecule has 21 heavy (non-hydrogen) atoms. The van der Waals surface area contributed by atoms with E-state index in [-0.39, 0.29) is 5.91 Å². The zero-order chi connectivity index (χ0) is 14.2. The Labute approximate surface area is 124 Å². The largest absolute Gasteiger partial charge is 0.270 e. The fourth-order valence-electron chi connectivity index (χ4n) is 2.23. The Balaban J connectivity index is 1.78. The SMILES string of the molecule is O=C1C=c2cc(-c3nnc(-c4ccccc4)s3)ccc2=N1. The number of carbonyl (C=O) groups excluding carboxylic acids is 1. The third-order valence-electron chi connectivity index (χ3n) is 3.23. The summed E-state index contributed by atoms with van der Waals surface area (Å²) >= 11 is 1.53. The molecule has 0 atom stereocenters. The van der Waals surface area contributed by atoms with Gasteiger partial charge in [-0.2, -0.15) is 0 Å². The van der Waals surface area contributed by atoms with Crippen molar-refractivity contribution in [2.75, 3.05) is 0 Å². The molecule has 0 aliphatic carbocycles. The van der Waals surface area contributed by atoms with E-state index in [2.05, 4.69) is 15.2 Å². The standard InChI is InChI=1S/C16H9N3OS/c20-14-9-12-8-11(6-7-13(12)17-14)16-19-18-15(21-16)10-4-2-1-3-5-10/h1-9H. The van der Waals surface area contributed by atoms with Gasteiger partial charge in [0.15, 0.2) is 0 Å². The highest BCUT2D eigenvalue weighted by Crippen LogP contribution is 2.28. The molecular formula is C16H9N3OS. The van der Waals surface area contributed by atoms with Gasteiger partial charge in [0, 0.05) is 22.4 Å². The lowest BCUT2D eigenvalue weighted by atomic mass is 10.2. The maximum atomic E-state index is 11.3. The number of benzene rings is 2. The fraction of sp³-hybridized carbons (Fsp3) is 0. The van der Waals surface area contributed by atoms with Crippen LogP contribution in [0.15, 0.2) is 53.5 Å². The van der Waals surface area contributed by atoms with E-state index in [1.54, 1.807) is 0 Å². The van der Waals surface area contributed by atoms with E-state index in [0.717, 1.165) is 31.7 Å². The molecule has 5 heteroatoms. The molecule has 0 spiro atoms. The van der Waals surface area contributed by atoms with Crippen molar-refractivity contribution < 1.29 is 4.79 Å². The van der Waals surface area contributed by atoms with Crippen LogP contribution >= 0.6 is 11.3 Å². The molecule has 0 saturated carbocycles. The van der Waals surface area contributed by atoms with Crippen LogP contribution in [0.3, 0.4) is 0 Å². The molecule has 0 radical (unpaired) electrons. The number of carbonyl (C=O) groups is 1. The second-order valence-corrected chi connectivity index (χ2v) is 5.62. The lowest BCUT2D eigenvalue weighted by molar-refractivity contribution is -0.112. The molecule has 100 valence electrons. The molecule has 4 nitrogen and oxygen atoms in total. The Morgan fingerprint density at radius 1 is 0.857 bits per heavy atom. The van der Waals surface area contributed by atoms with Crippen LogP contribution in [0, 0.1) is 0 Å². The minimum absolute atomic E-state index is 0.204. The molecule has 4 rings (SSSR count). The van der Waals surface area contributed by atoms with Crippen LogP contribution in [0.5, 0.6) is 0 Å². The van der Waals surface area contributed by atoms with Crippen LogP contribution < -0.4 is 10.6 Å². The molecule has 0 unspecified atom stereocenters. The first-order chi connectivity index (χ1) is 10.3. The Morgan fingerprint density at radius 3 is 2.43 bits per heavy atom. The third-order valence-corrected chi connectivity index (χ3v) is 4.25. The number of nitrogens with zero attached hydrogens (tertiary/aromatic N) is 3. The number of hydrogen-bond donors (Lipinski definition) is 0. The molecule has 1 aliphatic heterocycles. The van der Waals surface area contributed by atoms with Crippen LogP contribution in [-0.4, -0.2) is 16.1 Å². The summed E-state index contributed by atoms with van der Waals surface area (Å²) < 4.78 is 0. The molecule has 3 aromatic rings. The first-order valence-electron chi connectivity index (χ1n) is 6.43. The van der Waals surface area contributed by atoms with Crippen molar-refractivity contribution in [2.45, 2.75) is 0 Å². The van der Waals surface area contributed by atoms with Gasteiger partial charge in [0.2, 0.25) is 0 Å². The van der Waals surface area contributed by atoms with Gasteiger partial charge in [-0.3, -0.25) is 4.79 Å². The van der Waals surface area contributed by atoms with Gasteiger partial charge in [-0.05, 0) is 18.2 Å². The summed E-state index contributed by atoms with van der Waals surface area (Å²) in [5.74, 6) is -0.204. The Morgan fingerprint density at radius 2 is 1.62 bits per heavy atom. The molecule has 1 amide bonds. The number of amides is 1. The normalized spacial score (nSPS) is 12.7. The summed E-state index contributed by atoms with van der Waals surface area (Å²) in [7, 11) is 0. The number of fused-ring (bicyclic) bond motifs is 1. The second kappa shape index (κ2) is 4.71. The van der Waals surface area contributed by atoms with Crippen molar-refractivity contribution in [3.63, 3.8) is 0 Å². The summed E-state index contributed by atoms with van der Waals surface area (Å²) in [6.07, 6.45) is 1.54. The predicted molar refractivity (Wildman–Crippen MR) is 81.0 cm³/mol. The highest BCUT2D eigenvalue weighted by Gasteiger charge is 2.10. The van der Waals surface area contributed by atoms with Crippen LogP contribution in [0.25, 0.3) is 27.2 Å². The number of rotatable bonds is 2. The van der Waals surface area contributed by atoms with Crippen LogP contribution in [-0.2, 0) is 4.79 Å². The molecule has 0 N–H and O–H groups in total. The van der Waals surface area contributed by atoms with E-state index in [9.17, 15) is 4.79 Å². The molecule has 1 aromatic heterocycles. The van der Waals surface area contributed by atoms with Crippen molar-refractivity contribution in [3.8, 4) is 21.1 Å². The molecule has 0 fully saturated rings. The fourth-order valence-corrected chi connectivity index (χ4v) is 3.07. The Hall–Kier alpha value is -2.66. The minimum Gasteiger partial charge on any atom is -0.267 e. The van der Waals surface area contributed by atoms with E-state index < -0.39 is 0 Å². The molecule has 1 aliphatic rings. The zero-order valence-corrected chi connectivity index (χ0v) is 11.7. The second-order valence-electron chi connectivity index (χ2n) is 4.65. The number of hydrogen-bond acceptors (Lipinski definition) is 4. The van der Waals surface area contributed by atoms with Gasteiger partial charge in [-0.1, -0.05) is 41.7 Å². The third kappa shape index (κ3) is 2.17. The van der Waals surface area contributed by atoms with Crippen LogP contribution in [0.4, 0.5) is 0 Å². The molecule has 0 saturated heterocycles. The van der Waals surface area contributed by atoms with Gasteiger partial charge in [0.05, 0.1) is 5.36 Å². The molecular weight excluding hydrogens is 282 g/mol. The predicted octanol–water partition coefficient (Wildman–Crippen LogP) is 1.81. The molecule has 2 heterocycles. The van der Waals surface area contributed by atoms with Crippen molar-refractivity contribution >= 4 is 23.3 Å². The maximum absolute atomic E-state index is 11.3. The highest BCUT2D eigenvalue weighted by atomic mass is 32.1. The van der Waals surface area contributed by atoms with Crippen molar-refractivity contribution in [1.29, 1.82) is 0 Å². The Kier molecular flexibility index (Phi) is 2.72. The van der Waals surface area contributed by atoms with Crippen LogP contribution in [0.2, 0.25) is 0 Å². The summed E-state index contributed by atoms with van der Waals surface area (Å²) in [6.45, 7) is 0.